The van der Waals surface area contributed by atoms with E-state index in [-0.39, 0.29) is 48.4 Å². The quantitative estimate of drug-likeness (QED) is 0.493. The molecule has 1 heterocycles. The third-order valence-corrected chi connectivity index (χ3v) is 9.41. The van der Waals surface area contributed by atoms with Crippen LogP contribution in [0.1, 0.15) is 61.9 Å². The second-order valence-corrected chi connectivity index (χ2v) is 13.2. The van der Waals surface area contributed by atoms with Gasteiger partial charge in [0.15, 0.2) is 15.6 Å². The lowest BCUT2D eigenvalue weighted by molar-refractivity contribution is -0.132. The van der Waals surface area contributed by atoms with Crippen molar-refractivity contribution in [1.82, 2.24) is 15.5 Å². The van der Waals surface area contributed by atoms with Crippen molar-refractivity contribution in [3.05, 3.63) is 65.7 Å². The first-order valence-corrected chi connectivity index (χ1v) is 15.5. The molecule has 2 N–H and O–H groups in total. The van der Waals surface area contributed by atoms with E-state index in [9.17, 15) is 22.8 Å². The number of hydrogen-bond donors (Lipinski definition) is 2. The third-order valence-electron chi connectivity index (χ3n) is 7.62. The Kier molecular flexibility index (Phi) is 9.56. The fraction of sp³-hybridized carbons (Fsp3) is 0.500. The first-order chi connectivity index (χ1) is 18.6. The molecule has 1 saturated carbocycles. The number of Topliss-reactive ketones (excluding diaryl/α,β-unsaturated/α-hetero) is 1. The van der Waals surface area contributed by atoms with E-state index in [0.29, 0.717) is 41.8 Å². The highest BCUT2D eigenvalue weighted by molar-refractivity contribution is 7.91. The van der Waals surface area contributed by atoms with Gasteiger partial charge in [-0.05, 0) is 48.9 Å². The van der Waals surface area contributed by atoms with Crippen molar-refractivity contribution in [3.8, 4) is 0 Å². The Morgan fingerprint density at radius 3 is 2.41 bits per heavy atom. The molecule has 9 heteroatoms. The van der Waals surface area contributed by atoms with Crippen molar-refractivity contribution in [2.75, 3.05) is 18.8 Å². The summed E-state index contributed by atoms with van der Waals surface area (Å²) in [6, 6.07) is 14.9. The summed E-state index contributed by atoms with van der Waals surface area (Å²) in [5.41, 5.74) is 1.24. The number of benzene rings is 2. The minimum absolute atomic E-state index is 0.0522. The van der Waals surface area contributed by atoms with E-state index in [4.69, 9.17) is 0 Å². The molecule has 0 unspecified atom stereocenters. The number of amides is 2. The first kappa shape index (κ1) is 29.0. The summed E-state index contributed by atoms with van der Waals surface area (Å²) in [7, 11) is -3.41. The van der Waals surface area contributed by atoms with Crippen molar-refractivity contribution >= 4 is 27.4 Å². The zero-order valence-electron chi connectivity index (χ0n) is 22.8. The van der Waals surface area contributed by atoms with Gasteiger partial charge in [0.1, 0.15) is 0 Å². The Morgan fingerprint density at radius 1 is 0.974 bits per heavy atom. The molecule has 39 heavy (non-hydrogen) atoms. The Labute approximate surface area is 231 Å². The fourth-order valence-electron chi connectivity index (χ4n) is 5.56. The molecule has 1 fully saturated rings. The number of fused-ring (bicyclic) bond motifs is 1. The van der Waals surface area contributed by atoms with E-state index < -0.39 is 21.8 Å². The van der Waals surface area contributed by atoms with Crippen LogP contribution in [-0.4, -0.2) is 61.8 Å². The summed E-state index contributed by atoms with van der Waals surface area (Å²) in [5.74, 6) is -0.839. The largest absolute Gasteiger partial charge is 0.349 e. The topological polar surface area (TPSA) is 113 Å². The number of rotatable bonds is 9. The molecule has 8 nitrogen and oxygen atoms in total. The van der Waals surface area contributed by atoms with Crippen LogP contribution in [0.3, 0.4) is 0 Å². The second kappa shape index (κ2) is 12.9. The van der Waals surface area contributed by atoms with Gasteiger partial charge < -0.3 is 10.6 Å². The van der Waals surface area contributed by atoms with Crippen molar-refractivity contribution in [1.29, 1.82) is 0 Å². The Morgan fingerprint density at radius 2 is 1.67 bits per heavy atom. The molecule has 2 aliphatic rings. The van der Waals surface area contributed by atoms with Crippen molar-refractivity contribution in [2.24, 2.45) is 11.8 Å². The Bertz CT molecular complexity index is 1280. The summed E-state index contributed by atoms with van der Waals surface area (Å²) >= 11 is 0. The standard InChI is InChI=1S/C30H39N3O5S/c1-21(2)18-26(27(34)20-33-16-17-39(37,38)28-15-9-6-12-23(28)19-33)32-30(36)24-13-7-8-14-25(24)31-29(35)22-10-4-3-5-11-22/h3-6,9-12,15,21,24-26H,7-8,13-14,16-20H2,1-2H3,(H,31,35)(H,32,36)/t24-,25+,26+/m1/s1. The monoisotopic (exact) mass is 553 g/mol. The van der Waals surface area contributed by atoms with Gasteiger partial charge in [-0.3, -0.25) is 19.3 Å². The predicted molar refractivity (Wildman–Crippen MR) is 150 cm³/mol. The summed E-state index contributed by atoms with van der Waals surface area (Å²) < 4.78 is 25.4. The molecule has 0 aromatic heterocycles. The highest BCUT2D eigenvalue weighted by Crippen LogP contribution is 2.26. The number of nitrogens with zero attached hydrogens (tertiary/aromatic N) is 1. The van der Waals surface area contributed by atoms with Crippen molar-refractivity contribution in [2.45, 2.75) is 69.5 Å². The second-order valence-electron chi connectivity index (χ2n) is 11.1. The van der Waals surface area contributed by atoms with Gasteiger partial charge in [-0.1, -0.05) is 63.1 Å². The van der Waals surface area contributed by atoms with Gasteiger partial charge >= 0.3 is 0 Å². The average Bonchev–Trinajstić information content (AvgIpc) is 3.04. The highest BCUT2D eigenvalue weighted by atomic mass is 32.2. The molecular formula is C30H39N3O5S. The molecule has 1 aliphatic heterocycles. The van der Waals surface area contributed by atoms with E-state index in [1.807, 2.05) is 24.8 Å². The maximum Gasteiger partial charge on any atom is 0.251 e. The van der Waals surface area contributed by atoms with Crippen molar-refractivity contribution < 1.29 is 22.8 Å². The van der Waals surface area contributed by atoms with E-state index in [0.717, 1.165) is 12.8 Å². The molecule has 0 radical (unpaired) electrons. The summed E-state index contributed by atoms with van der Waals surface area (Å²) in [5, 5.41) is 6.07. The van der Waals surface area contributed by atoms with Crippen LogP contribution in [0.2, 0.25) is 0 Å². The number of nitrogens with one attached hydrogen (secondary N) is 2. The zero-order chi connectivity index (χ0) is 28.0. The van der Waals surface area contributed by atoms with Gasteiger partial charge in [0, 0.05) is 24.7 Å². The normalized spacial score (nSPS) is 21.8. The number of hydrogen-bond acceptors (Lipinski definition) is 6. The summed E-state index contributed by atoms with van der Waals surface area (Å²) in [6.07, 6.45) is 3.66. The first-order valence-electron chi connectivity index (χ1n) is 13.9. The van der Waals surface area contributed by atoms with Crippen LogP contribution in [-0.2, 0) is 26.0 Å². The number of sulfone groups is 1. The van der Waals surface area contributed by atoms with E-state index in [1.54, 1.807) is 48.5 Å². The molecule has 2 aromatic rings. The molecule has 2 aromatic carbocycles. The number of carbonyl (C=O) groups excluding carboxylic acids is 3. The van der Waals surface area contributed by atoms with Crippen LogP contribution < -0.4 is 10.6 Å². The summed E-state index contributed by atoms with van der Waals surface area (Å²) in [6.45, 7) is 4.68. The van der Waals surface area contributed by atoms with Crippen LogP contribution in [0.15, 0.2) is 59.5 Å². The molecule has 210 valence electrons. The molecular weight excluding hydrogens is 514 g/mol. The lowest BCUT2D eigenvalue weighted by Crippen LogP contribution is -2.53. The molecule has 0 spiro atoms. The van der Waals surface area contributed by atoms with Crippen LogP contribution in [0.5, 0.6) is 0 Å². The molecule has 0 bridgehead atoms. The minimum atomic E-state index is -3.41. The highest BCUT2D eigenvalue weighted by Gasteiger charge is 2.35. The minimum Gasteiger partial charge on any atom is -0.349 e. The van der Waals surface area contributed by atoms with Gasteiger partial charge in [-0.2, -0.15) is 0 Å². The van der Waals surface area contributed by atoms with Gasteiger partial charge in [0.05, 0.1) is 29.2 Å². The van der Waals surface area contributed by atoms with Crippen LogP contribution in [0, 0.1) is 11.8 Å². The number of carbonyl (C=O) groups is 3. The lowest BCUT2D eigenvalue weighted by atomic mass is 9.83. The molecule has 0 saturated heterocycles. The third kappa shape index (κ3) is 7.54. The summed E-state index contributed by atoms with van der Waals surface area (Å²) in [4.78, 5) is 42.0. The lowest BCUT2D eigenvalue weighted by Gasteiger charge is -2.33. The van der Waals surface area contributed by atoms with E-state index >= 15 is 0 Å². The van der Waals surface area contributed by atoms with Crippen LogP contribution in [0.25, 0.3) is 0 Å². The van der Waals surface area contributed by atoms with Gasteiger partial charge in [-0.15, -0.1) is 0 Å². The van der Waals surface area contributed by atoms with E-state index in [2.05, 4.69) is 10.6 Å². The molecule has 1 aliphatic carbocycles. The molecule has 4 rings (SSSR count). The van der Waals surface area contributed by atoms with Gasteiger partial charge in [0.25, 0.3) is 5.91 Å². The average molecular weight is 554 g/mol. The molecule has 2 amide bonds. The Hall–Kier alpha value is -3.04. The molecule has 3 atom stereocenters. The SMILES string of the molecule is CC(C)C[C@H](NC(=O)[C@@H]1CCCC[C@@H]1NC(=O)c1ccccc1)C(=O)CN1CCS(=O)(=O)c2ccccc2C1. The van der Waals surface area contributed by atoms with Gasteiger partial charge in [0.2, 0.25) is 5.91 Å². The van der Waals surface area contributed by atoms with E-state index in [1.165, 1.54) is 0 Å². The Balaban J connectivity index is 1.43. The predicted octanol–water partition coefficient (Wildman–Crippen LogP) is 3.36. The van der Waals surface area contributed by atoms with Crippen LogP contribution >= 0.6 is 0 Å². The fourth-order valence-corrected chi connectivity index (χ4v) is 7.10. The van der Waals surface area contributed by atoms with Crippen molar-refractivity contribution in [3.63, 3.8) is 0 Å². The maximum atomic E-state index is 13.5. The van der Waals surface area contributed by atoms with Crippen LogP contribution in [0.4, 0.5) is 0 Å². The number of ketones is 1. The smallest absolute Gasteiger partial charge is 0.251 e. The maximum absolute atomic E-state index is 13.5. The van der Waals surface area contributed by atoms with Gasteiger partial charge in [-0.25, -0.2) is 8.42 Å². The zero-order valence-corrected chi connectivity index (χ0v) is 23.6.